The van der Waals surface area contributed by atoms with Crippen LogP contribution >= 0.6 is 0 Å². The third kappa shape index (κ3) is 50.2. The van der Waals surface area contributed by atoms with Gasteiger partial charge in [0.1, 0.15) is 13.2 Å². The second-order valence-corrected chi connectivity index (χ2v) is 16.1. The van der Waals surface area contributed by atoms with Gasteiger partial charge in [-0.1, -0.05) is 224 Å². The van der Waals surface area contributed by atoms with E-state index in [9.17, 15) is 14.4 Å². The number of rotatable bonds is 43. The van der Waals surface area contributed by atoms with Gasteiger partial charge < -0.3 is 14.2 Å². The zero-order chi connectivity index (χ0) is 47.2. The molecule has 0 fully saturated rings. The molecule has 65 heavy (non-hydrogen) atoms. The molecule has 0 saturated carbocycles. The number of ether oxygens (including phenoxy) is 3. The van der Waals surface area contributed by atoms with Crippen molar-refractivity contribution in [1.29, 1.82) is 0 Å². The van der Waals surface area contributed by atoms with Crippen LogP contribution in [-0.2, 0) is 28.6 Å². The average Bonchev–Trinajstić information content (AvgIpc) is 3.30. The first-order chi connectivity index (χ1) is 32.0. The first-order valence-electron chi connectivity index (χ1n) is 25.4. The number of unbranched alkanes of at least 4 members (excludes halogenated alkanes) is 13. The molecule has 0 heterocycles. The molecule has 0 aliphatic rings. The fourth-order valence-corrected chi connectivity index (χ4v) is 6.22. The number of carbonyl (C=O) groups excluding carboxylic acids is 3. The molecule has 0 saturated heterocycles. The lowest BCUT2D eigenvalue weighted by Crippen LogP contribution is -2.30. The number of allylic oxidation sites excluding steroid dienone is 24. The van der Waals surface area contributed by atoms with E-state index in [1.807, 2.05) is 66.8 Å². The zero-order valence-electron chi connectivity index (χ0n) is 41.2. The van der Waals surface area contributed by atoms with Crippen molar-refractivity contribution in [1.82, 2.24) is 0 Å². The van der Waals surface area contributed by atoms with E-state index in [0.717, 1.165) is 83.5 Å². The Bertz CT molecular complexity index is 1490. The van der Waals surface area contributed by atoms with Crippen LogP contribution in [0.5, 0.6) is 0 Å². The highest BCUT2D eigenvalue weighted by atomic mass is 16.6. The number of carbonyl (C=O) groups is 3. The van der Waals surface area contributed by atoms with Gasteiger partial charge >= 0.3 is 17.9 Å². The van der Waals surface area contributed by atoms with Gasteiger partial charge in [-0.2, -0.15) is 0 Å². The van der Waals surface area contributed by atoms with Crippen molar-refractivity contribution in [3.05, 3.63) is 146 Å². The second kappa shape index (κ2) is 51.9. The van der Waals surface area contributed by atoms with Crippen LogP contribution in [0.2, 0.25) is 0 Å². The second-order valence-electron chi connectivity index (χ2n) is 16.1. The Morgan fingerprint density at radius 3 is 1.23 bits per heavy atom. The molecule has 0 bridgehead atoms. The van der Waals surface area contributed by atoms with E-state index in [1.54, 1.807) is 0 Å². The Kier molecular flexibility index (Phi) is 48.2. The van der Waals surface area contributed by atoms with Gasteiger partial charge in [-0.3, -0.25) is 14.4 Å². The predicted molar refractivity (Wildman–Crippen MR) is 279 cm³/mol. The van der Waals surface area contributed by atoms with Crippen LogP contribution in [0.4, 0.5) is 0 Å². The highest BCUT2D eigenvalue weighted by molar-refractivity contribution is 5.71. The summed E-state index contributed by atoms with van der Waals surface area (Å²) in [6.07, 6.45) is 74.2. The molecule has 362 valence electrons. The number of hydrogen-bond acceptors (Lipinski definition) is 6. The van der Waals surface area contributed by atoms with E-state index in [2.05, 4.69) is 99.8 Å². The zero-order valence-corrected chi connectivity index (χ0v) is 41.2. The molecule has 0 N–H and O–H groups in total. The largest absolute Gasteiger partial charge is 0.462 e. The van der Waals surface area contributed by atoms with Gasteiger partial charge in [-0.25, -0.2) is 0 Å². The summed E-state index contributed by atoms with van der Waals surface area (Å²) in [7, 11) is 0. The first kappa shape index (κ1) is 60.3. The van der Waals surface area contributed by atoms with E-state index in [1.165, 1.54) is 51.4 Å². The molecule has 1 unspecified atom stereocenters. The molecule has 0 radical (unpaired) electrons. The minimum absolute atomic E-state index is 0.145. The molecular formula is C59H90O6. The monoisotopic (exact) mass is 895 g/mol. The number of esters is 3. The Balaban J connectivity index is 4.63. The summed E-state index contributed by atoms with van der Waals surface area (Å²) in [5.41, 5.74) is 0. The molecule has 0 aliphatic heterocycles. The van der Waals surface area contributed by atoms with Crippen LogP contribution < -0.4 is 0 Å². The molecule has 0 aromatic rings. The summed E-state index contributed by atoms with van der Waals surface area (Å²) in [5, 5.41) is 0. The van der Waals surface area contributed by atoms with Gasteiger partial charge in [-0.15, -0.1) is 0 Å². The lowest BCUT2D eigenvalue weighted by atomic mass is 10.1. The van der Waals surface area contributed by atoms with Crippen LogP contribution in [0, 0.1) is 0 Å². The van der Waals surface area contributed by atoms with Crippen LogP contribution in [-0.4, -0.2) is 37.2 Å². The Hall–Kier alpha value is -4.71. The molecule has 6 heteroatoms. The smallest absolute Gasteiger partial charge is 0.306 e. The van der Waals surface area contributed by atoms with Crippen LogP contribution in [0.15, 0.2) is 146 Å². The maximum absolute atomic E-state index is 12.8. The van der Waals surface area contributed by atoms with Crippen molar-refractivity contribution in [2.75, 3.05) is 13.2 Å². The summed E-state index contributed by atoms with van der Waals surface area (Å²) in [5.74, 6) is -1.13. The van der Waals surface area contributed by atoms with Gasteiger partial charge in [0.05, 0.1) is 0 Å². The van der Waals surface area contributed by atoms with Crippen molar-refractivity contribution >= 4 is 17.9 Å². The minimum Gasteiger partial charge on any atom is -0.462 e. The fourth-order valence-electron chi connectivity index (χ4n) is 6.22. The van der Waals surface area contributed by atoms with E-state index in [0.29, 0.717) is 19.3 Å². The standard InChI is InChI=1S/C59H90O6/c1-4-7-10-13-16-19-22-25-27-29-30-32-34-37-40-43-46-49-52-58(61)64-55-56(54-63-57(60)51-48-45-42-39-36-33-24-21-18-15-12-9-6-3)65-59(62)53-50-47-44-41-38-35-31-28-26-23-20-17-14-11-8-5-2/h8-9,11-12,15,17-18,20-21,24,26-30,32-33,35-36,38-39,42,44,47,56H,4-7,10,13-14,16,19,22-23,25,31,34,37,40-41,43,45-46,48-55H2,1-3H3/b11-8-,12-9-,18-15-,20-17-,24-21-,28-26-,29-27-,32-30-,36-33-,38-35-,42-39-,47-44-. The summed E-state index contributed by atoms with van der Waals surface area (Å²) < 4.78 is 16.6. The SMILES string of the molecule is CC\C=C/C=C\C=C/C=C\C=C/CCCC(=O)OCC(COC(=O)CCCCCCC/C=C\C=C/CCCCCCCCC)OC(=O)CC/C=C\C/C=C\C/C=C\C/C=C\C/C=C\CC. The van der Waals surface area contributed by atoms with Gasteiger partial charge in [0.25, 0.3) is 0 Å². The maximum atomic E-state index is 12.8. The molecule has 1 atom stereocenters. The highest BCUT2D eigenvalue weighted by Gasteiger charge is 2.19. The van der Waals surface area contributed by atoms with Gasteiger partial charge in [-0.05, 0) is 89.9 Å². The maximum Gasteiger partial charge on any atom is 0.306 e. The molecular weight excluding hydrogens is 805 g/mol. The van der Waals surface area contributed by atoms with Gasteiger partial charge in [0.2, 0.25) is 0 Å². The lowest BCUT2D eigenvalue weighted by Gasteiger charge is -2.18. The van der Waals surface area contributed by atoms with Crippen LogP contribution in [0.1, 0.15) is 188 Å². The van der Waals surface area contributed by atoms with Crippen molar-refractivity contribution in [3.63, 3.8) is 0 Å². The minimum atomic E-state index is -0.859. The van der Waals surface area contributed by atoms with Crippen molar-refractivity contribution < 1.29 is 28.6 Å². The molecule has 0 aliphatic carbocycles. The normalized spacial score (nSPS) is 13.3. The van der Waals surface area contributed by atoms with E-state index in [-0.39, 0.29) is 38.0 Å². The Morgan fingerprint density at radius 2 is 0.723 bits per heavy atom. The molecule has 6 nitrogen and oxygen atoms in total. The van der Waals surface area contributed by atoms with Crippen LogP contribution in [0.25, 0.3) is 0 Å². The first-order valence-corrected chi connectivity index (χ1v) is 25.4. The Labute approximate surface area is 397 Å². The van der Waals surface area contributed by atoms with Crippen molar-refractivity contribution in [2.24, 2.45) is 0 Å². The van der Waals surface area contributed by atoms with E-state index in [4.69, 9.17) is 14.2 Å². The number of hydrogen-bond donors (Lipinski definition) is 0. The summed E-state index contributed by atoms with van der Waals surface area (Å²) in [6, 6.07) is 0. The van der Waals surface area contributed by atoms with Gasteiger partial charge in [0, 0.05) is 19.3 Å². The summed E-state index contributed by atoms with van der Waals surface area (Å²) in [6.45, 7) is 6.20. The third-order valence-corrected chi connectivity index (χ3v) is 9.98. The molecule has 0 aromatic carbocycles. The summed E-state index contributed by atoms with van der Waals surface area (Å²) >= 11 is 0. The fraction of sp³-hybridized carbons (Fsp3) is 0.542. The summed E-state index contributed by atoms with van der Waals surface area (Å²) in [4.78, 5) is 37.9. The molecule has 0 amide bonds. The molecule has 0 aromatic heterocycles. The Morgan fingerprint density at radius 1 is 0.338 bits per heavy atom. The van der Waals surface area contributed by atoms with Crippen molar-refractivity contribution in [3.8, 4) is 0 Å². The molecule has 0 spiro atoms. The van der Waals surface area contributed by atoms with Crippen LogP contribution in [0.3, 0.4) is 0 Å². The third-order valence-electron chi connectivity index (χ3n) is 9.98. The lowest BCUT2D eigenvalue weighted by molar-refractivity contribution is -0.166. The van der Waals surface area contributed by atoms with E-state index >= 15 is 0 Å². The average molecular weight is 895 g/mol. The van der Waals surface area contributed by atoms with Gasteiger partial charge in [0.15, 0.2) is 6.10 Å². The van der Waals surface area contributed by atoms with Crippen molar-refractivity contribution in [2.45, 2.75) is 194 Å². The van der Waals surface area contributed by atoms with E-state index < -0.39 is 12.1 Å². The topological polar surface area (TPSA) is 78.9 Å². The molecule has 0 rings (SSSR count). The predicted octanol–water partition coefficient (Wildman–Crippen LogP) is 16.9. The quantitative estimate of drug-likeness (QED) is 0.0199. The highest BCUT2D eigenvalue weighted by Crippen LogP contribution is 2.11.